The first kappa shape index (κ1) is 8.78. The van der Waals surface area contributed by atoms with E-state index in [1.807, 2.05) is 0 Å². The third-order valence-electron chi connectivity index (χ3n) is 1.21. The van der Waals surface area contributed by atoms with Crippen molar-refractivity contribution < 1.29 is 8.42 Å². The minimum atomic E-state index is -0.750. The Labute approximate surface area is 58.4 Å². The van der Waals surface area contributed by atoms with Crippen LogP contribution in [-0.2, 0) is 11.6 Å². The van der Waals surface area contributed by atoms with Crippen LogP contribution in [0, 0.1) is 0 Å². The van der Waals surface area contributed by atoms with Crippen molar-refractivity contribution in [3.05, 3.63) is 0 Å². The zero-order valence-corrected chi connectivity index (χ0v) is 6.08. The van der Waals surface area contributed by atoms with Crippen molar-refractivity contribution in [2.75, 3.05) is 13.1 Å². The lowest BCUT2D eigenvalue weighted by Crippen LogP contribution is -2.21. The van der Waals surface area contributed by atoms with Gasteiger partial charge in [-0.15, -0.1) is 0 Å². The van der Waals surface area contributed by atoms with E-state index >= 15 is 0 Å². The third-order valence-corrected chi connectivity index (χ3v) is 1.21. The summed E-state index contributed by atoms with van der Waals surface area (Å²) in [6.45, 7) is 2.50. The Hall–Kier alpha value is -0.220. The van der Waals surface area contributed by atoms with Crippen LogP contribution in [0.3, 0.4) is 0 Å². The minimum Gasteiger partial charge on any atom is -0.317 e. The van der Waals surface area contributed by atoms with Crippen molar-refractivity contribution in [1.82, 2.24) is 5.32 Å². The van der Waals surface area contributed by atoms with Crippen molar-refractivity contribution in [2.24, 2.45) is 0 Å². The molecule has 0 amide bonds. The fraction of sp³-hybridized carbons (Fsp3) is 1.00. The Morgan fingerprint density at radius 1 is 1.00 bits per heavy atom. The van der Waals surface area contributed by atoms with E-state index in [9.17, 15) is 0 Å². The van der Waals surface area contributed by atoms with Crippen LogP contribution in [0.4, 0.5) is 0 Å². The van der Waals surface area contributed by atoms with Crippen LogP contribution in [0.15, 0.2) is 0 Å². The molecule has 3 nitrogen and oxygen atoms in total. The molecule has 0 atom stereocenters. The van der Waals surface area contributed by atoms with Crippen molar-refractivity contribution in [3.63, 3.8) is 0 Å². The molecule has 4 heteroatoms. The highest BCUT2D eigenvalue weighted by molar-refractivity contribution is 7.51. The molecule has 1 aliphatic rings. The molecule has 1 rings (SSSR count). The van der Waals surface area contributed by atoms with Gasteiger partial charge in [-0.3, -0.25) is 0 Å². The van der Waals surface area contributed by atoms with E-state index in [0.717, 1.165) is 0 Å². The summed E-state index contributed by atoms with van der Waals surface area (Å²) >= 11 is -0.750. The normalized spacial score (nSPS) is 17.3. The molecule has 0 unspecified atom stereocenters. The standard InChI is InChI=1S/C5H11N.O2S/c1-2-4-6-5-3-1;1-3-2/h6H,1-5H2;. The summed E-state index contributed by atoms with van der Waals surface area (Å²) in [4.78, 5) is 0. The first-order valence-electron chi connectivity index (χ1n) is 3.04. The fourth-order valence-electron chi connectivity index (χ4n) is 0.802. The SMILES string of the molecule is C1CCNCC1.O=S=O. The number of rotatable bonds is 0. The van der Waals surface area contributed by atoms with Crippen molar-refractivity contribution in [2.45, 2.75) is 19.3 Å². The van der Waals surface area contributed by atoms with Gasteiger partial charge in [-0.05, 0) is 25.9 Å². The Morgan fingerprint density at radius 2 is 1.44 bits per heavy atom. The Morgan fingerprint density at radius 3 is 1.56 bits per heavy atom. The second-order valence-corrected chi connectivity index (χ2v) is 2.01. The van der Waals surface area contributed by atoms with Crippen molar-refractivity contribution >= 4 is 11.6 Å². The number of hydrogen-bond acceptors (Lipinski definition) is 3. The summed E-state index contributed by atoms with van der Waals surface area (Å²) < 4.78 is 16.6. The van der Waals surface area contributed by atoms with Gasteiger partial charge in [0.05, 0.1) is 0 Å². The van der Waals surface area contributed by atoms with E-state index in [-0.39, 0.29) is 0 Å². The summed E-state index contributed by atoms with van der Waals surface area (Å²) in [5.41, 5.74) is 0. The van der Waals surface area contributed by atoms with Gasteiger partial charge in [-0.25, -0.2) is 0 Å². The number of hydrogen-bond donors (Lipinski definition) is 1. The van der Waals surface area contributed by atoms with Gasteiger partial charge in [0, 0.05) is 0 Å². The molecule has 0 saturated carbocycles. The lowest BCUT2D eigenvalue weighted by atomic mass is 10.2. The molecule has 0 bridgehead atoms. The number of nitrogens with one attached hydrogen (secondary N) is 1. The third kappa shape index (κ3) is 7.78. The smallest absolute Gasteiger partial charge is 0.317 e. The van der Waals surface area contributed by atoms with E-state index in [1.165, 1.54) is 32.4 Å². The summed E-state index contributed by atoms with van der Waals surface area (Å²) in [7, 11) is 0. The van der Waals surface area contributed by atoms with Crippen LogP contribution >= 0.6 is 0 Å². The van der Waals surface area contributed by atoms with E-state index in [0.29, 0.717) is 0 Å². The minimum absolute atomic E-state index is 0.750. The van der Waals surface area contributed by atoms with Crippen LogP contribution in [0.2, 0.25) is 0 Å². The van der Waals surface area contributed by atoms with Crippen LogP contribution in [-0.4, -0.2) is 21.5 Å². The van der Waals surface area contributed by atoms with Gasteiger partial charge < -0.3 is 5.32 Å². The largest absolute Gasteiger partial charge is 0.335 e. The summed E-state index contributed by atoms with van der Waals surface area (Å²) in [6.07, 6.45) is 4.22. The van der Waals surface area contributed by atoms with Gasteiger partial charge in [0.2, 0.25) is 0 Å². The molecule has 0 spiro atoms. The van der Waals surface area contributed by atoms with Gasteiger partial charge in [-0.2, -0.15) is 8.42 Å². The van der Waals surface area contributed by atoms with Gasteiger partial charge in [-0.1, -0.05) is 6.42 Å². The molecule has 0 aliphatic carbocycles. The zero-order valence-electron chi connectivity index (χ0n) is 5.26. The monoisotopic (exact) mass is 149 g/mol. The lowest BCUT2D eigenvalue weighted by molar-refractivity contribution is 0.520. The topological polar surface area (TPSA) is 46.2 Å². The van der Waals surface area contributed by atoms with E-state index in [2.05, 4.69) is 5.32 Å². The highest BCUT2D eigenvalue weighted by Gasteiger charge is 1.93. The van der Waals surface area contributed by atoms with Crippen molar-refractivity contribution in [3.8, 4) is 0 Å². The van der Waals surface area contributed by atoms with E-state index < -0.39 is 11.6 Å². The van der Waals surface area contributed by atoms with E-state index in [1.54, 1.807) is 0 Å². The maximum absolute atomic E-state index is 8.29. The van der Waals surface area contributed by atoms with Gasteiger partial charge in [0.25, 0.3) is 0 Å². The van der Waals surface area contributed by atoms with Gasteiger partial charge in [0.1, 0.15) is 0 Å². The second-order valence-electron chi connectivity index (χ2n) is 1.88. The van der Waals surface area contributed by atoms with Crippen LogP contribution in [0.5, 0.6) is 0 Å². The molecule has 0 aromatic heterocycles. The molecule has 0 radical (unpaired) electrons. The Balaban J connectivity index is 0.000000187. The van der Waals surface area contributed by atoms with Crippen molar-refractivity contribution in [1.29, 1.82) is 0 Å². The van der Waals surface area contributed by atoms with Crippen LogP contribution < -0.4 is 5.32 Å². The predicted molar refractivity (Wildman–Crippen MR) is 35.6 cm³/mol. The molecular formula is C5H11NO2S. The second kappa shape index (κ2) is 7.78. The first-order chi connectivity index (χ1) is 4.41. The first-order valence-corrected chi connectivity index (χ1v) is 3.71. The average molecular weight is 149 g/mol. The molecule has 1 aliphatic heterocycles. The Kier molecular flexibility index (Phi) is 7.59. The molecular weight excluding hydrogens is 138 g/mol. The molecule has 1 heterocycles. The van der Waals surface area contributed by atoms with E-state index in [4.69, 9.17) is 8.42 Å². The Bertz CT molecular complexity index is 75.4. The fourth-order valence-corrected chi connectivity index (χ4v) is 0.802. The maximum Gasteiger partial charge on any atom is 0.335 e. The highest BCUT2D eigenvalue weighted by Crippen LogP contribution is 1.96. The van der Waals surface area contributed by atoms with Gasteiger partial charge in [0.15, 0.2) is 0 Å². The van der Waals surface area contributed by atoms with Gasteiger partial charge >= 0.3 is 11.6 Å². The predicted octanol–water partition coefficient (Wildman–Crippen LogP) is 0.0897. The molecule has 0 aromatic rings. The maximum atomic E-state index is 8.29. The highest BCUT2D eigenvalue weighted by atomic mass is 32.1. The molecule has 1 saturated heterocycles. The quantitative estimate of drug-likeness (QED) is 0.531. The molecule has 9 heavy (non-hydrogen) atoms. The number of piperidine rings is 1. The molecule has 0 aromatic carbocycles. The zero-order chi connectivity index (χ0) is 6.95. The summed E-state index contributed by atoms with van der Waals surface area (Å²) in [5, 5.41) is 3.28. The average Bonchev–Trinajstić information content (AvgIpc) is 1.93. The molecule has 1 N–H and O–H groups in total. The lowest BCUT2D eigenvalue weighted by Gasteiger charge is -2.08. The molecule has 1 fully saturated rings. The molecule has 54 valence electrons. The summed E-state index contributed by atoms with van der Waals surface area (Å²) in [6, 6.07) is 0. The summed E-state index contributed by atoms with van der Waals surface area (Å²) in [5.74, 6) is 0. The van der Waals surface area contributed by atoms with Crippen LogP contribution in [0.25, 0.3) is 0 Å². The van der Waals surface area contributed by atoms with Crippen LogP contribution in [0.1, 0.15) is 19.3 Å².